The Morgan fingerprint density at radius 2 is 2.04 bits per heavy atom. The Labute approximate surface area is 163 Å². The van der Waals surface area contributed by atoms with Crippen molar-refractivity contribution in [3.8, 4) is 0 Å². The van der Waals surface area contributed by atoms with Gasteiger partial charge < -0.3 is 10.2 Å². The van der Waals surface area contributed by atoms with Crippen LogP contribution in [0.25, 0.3) is 0 Å². The molecule has 2 saturated heterocycles. The lowest BCUT2D eigenvalue weighted by Crippen LogP contribution is -2.55. The van der Waals surface area contributed by atoms with E-state index in [-0.39, 0.29) is 23.8 Å². The van der Waals surface area contributed by atoms with Gasteiger partial charge in [-0.3, -0.25) is 14.5 Å². The first-order valence-corrected chi connectivity index (χ1v) is 10.6. The number of thiophene rings is 1. The van der Waals surface area contributed by atoms with Crippen molar-refractivity contribution in [2.45, 2.75) is 38.1 Å². The zero-order valence-electron chi connectivity index (χ0n) is 15.6. The number of piperazine rings is 1. The molecule has 1 saturated carbocycles. The number of carbonyl (C=O) groups excluding carboxylic acids is 3. The van der Waals surface area contributed by atoms with Crippen molar-refractivity contribution in [3.63, 3.8) is 0 Å². The normalized spacial score (nSPS) is 29.4. The molecule has 8 heteroatoms. The van der Waals surface area contributed by atoms with Crippen LogP contribution in [-0.4, -0.2) is 70.9 Å². The van der Waals surface area contributed by atoms with Crippen LogP contribution in [0.4, 0.5) is 4.79 Å². The fourth-order valence-electron chi connectivity index (χ4n) is 4.47. The molecule has 0 radical (unpaired) electrons. The molecule has 4 rings (SSSR count). The second-order valence-corrected chi connectivity index (χ2v) is 8.76. The van der Waals surface area contributed by atoms with Gasteiger partial charge in [-0.1, -0.05) is 25.8 Å². The van der Waals surface area contributed by atoms with E-state index in [1.54, 1.807) is 0 Å². The summed E-state index contributed by atoms with van der Waals surface area (Å²) in [6, 6.07) is 3.46. The van der Waals surface area contributed by atoms with Crippen molar-refractivity contribution in [1.82, 2.24) is 20.0 Å². The fraction of sp³-hybridized carbons (Fsp3) is 0.632. The van der Waals surface area contributed by atoms with Gasteiger partial charge in [0.2, 0.25) is 0 Å². The van der Waals surface area contributed by atoms with Gasteiger partial charge in [-0.2, -0.15) is 0 Å². The molecule has 2 aliphatic heterocycles. The van der Waals surface area contributed by atoms with Crippen LogP contribution in [0.1, 0.15) is 42.3 Å². The molecular weight excluding hydrogens is 364 g/mol. The largest absolute Gasteiger partial charge is 0.335 e. The first-order valence-electron chi connectivity index (χ1n) is 9.70. The average molecular weight is 391 g/mol. The zero-order valence-corrected chi connectivity index (χ0v) is 16.5. The minimum absolute atomic E-state index is 0.0645. The number of nitrogens with zero attached hydrogens (tertiary/aromatic N) is 3. The summed E-state index contributed by atoms with van der Waals surface area (Å²) in [7, 11) is 0. The predicted octanol–water partition coefficient (Wildman–Crippen LogP) is 1.96. The molecule has 1 N–H and O–H groups in total. The molecule has 4 amide bonds. The van der Waals surface area contributed by atoms with E-state index < -0.39 is 5.54 Å². The number of nitrogens with one attached hydrogen (secondary N) is 1. The monoisotopic (exact) mass is 390 g/mol. The first-order chi connectivity index (χ1) is 13.0. The average Bonchev–Trinajstić information content (AvgIpc) is 3.28. The molecule has 1 aliphatic carbocycles. The zero-order chi connectivity index (χ0) is 19.0. The van der Waals surface area contributed by atoms with Gasteiger partial charge in [0.05, 0.1) is 11.5 Å². The third-order valence-corrected chi connectivity index (χ3v) is 7.09. The standard InChI is InChI=1S/C19H26N4O3S/c1-14-5-2-3-7-19(14)17(25)23(18(26)20-19)13-21-8-10-22(11-9-21)16(24)15-6-4-12-27-15/h4,6,12,14H,2-3,5,7-11,13H2,1H3,(H,20,26)/t14-,19+/m1/s1. The van der Waals surface area contributed by atoms with Crippen LogP contribution in [0.2, 0.25) is 0 Å². The quantitative estimate of drug-likeness (QED) is 0.801. The van der Waals surface area contributed by atoms with Crippen LogP contribution in [0.15, 0.2) is 17.5 Å². The van der Waals surface area contributed by atoms with Crippen molar-refractivity contribution >= 4 is 29.2 Å². The highest BCUT2D eigenvalue weighted by atomic mass is 32.1. The number of imide groups is 1. The van der Waals surface area contributed by atoms with Gasteiger partial charge in [-0.15, -0.1) is 11.3 Å². The number of carbonyl (C=O) groups is 3. The van der Waals surface area contributed by atoms with Gasteiger partial charge in [0.25, 0.3) is 11.8 Å². The molecule has 2 atom stereocenters. The maximum Gasteiger partial charge on any atom is 0.326 e. The smallest absolute Gasteiger partial charge is 0.326 e. The molecule has 1 aromatic heterocycles. The Morgan fingerprint density at radius 1 is 1.26 bits per heavy atom. The molecule has 27 heavy (non-hydrogen) atoms. The van der Waals surface area contributed by atoms with E-state index in [4.69, 9.17) is 0 Å². The molecule has 3 aliphatic rings. The Bertz CT molecular complexity index is 729. The van der Waals surface area contributed by atoms with Crippen molar-refractivity contribution in [2.75, 3.05) is 32.8 Å². The Hall–Kier alpha value is -1.93. The number of hydrogen-bond donors (Lipinski definition) is 1. The minimum atomic E-state index is -0.702. The topological polar surface area (TPSA) is 73.0 Å². The van der Waals surface area contributed by atoms with Crippen molar-refractivity contribution in [2.24, 2.45) is 5.92 Å². The van der Waals surface area contributed by atoms with Crippen LogP contribution >= 0.6 is 11.3 Å². The molecule has 146 valence electrons. The van der Waals surface area contributed by atoms with Gasteiger partial charge in [0, 0.05) is 26.2 Å². The number of hydrogen-bond acceptors (Lipinski definition) is 5. The SMILES string of the molecule is C[C@@H]1CCCC[C@]12NC(=O)N(CN1CCN(C(=O)c3cccs3)CC1)C2=O. The lowest BCUT2D eigenvalue weighted by Gasteiger charge is -2.38. The second kappa shape index (κ2) is 7.24. The third-order valence-electron chi connectivity index (χ3n) is 6.23. The van der Waals surface area contributed by atoms with E-state index in [2.05, 4.69) is 17.1 Å². The van der Waals surface area contributed by atoms with Crippen molar-refractivity contribution in [1.29, 1.82) is 0 Å². The number of rotatable bonds is 3. The highest BCUT2D eigenvalue weighted by molar-refractivity contribution is 7.12. The second-order valence-electron chi connectivity index (χ2n) is 7.81. The summed E-state index contributed by atoms with van der Waals surface area (Å²) < 4.78 is 0. The summed E-state index contributed by atoms with van der Waals surface area (Å²) in [4.78, 5) is 44.1. The molecule has 3 heterocycles. The third kappa shape index (κ3) is 3.25. The number of amides is 4. The summed E-state index contributed by atoms with van der Waals surface area (Å²) in [6.07, 6.45) is 3.81. The van der Waals surface area contributed by atoms with Crippen molar-refractivity contribution in [3.05, 3.63) is 22.4 Å². The van der Waals surface area contributed by atoms with Gasteiger partial charge in [-0.25, -0.2) is 9.69 Å². The van der Waals surface area contributed by atoms with Crippen LogP contribution in [-0.2, 0) is 4.79 Å². The predicted molar refractivity (Wildman–Crippen MR) is 102 cm³/mol. The summed E-state index contributed by atoms with van der Waals surface area (Å²) in [5.41, 5.74) is -0.702. The van der Waals surface area contributed by atoms with E-state index in [1.807, 2.05) is 22.4 Å². The van der Waals surface area contributed by atoms with E-state index >= 15 is 0 Å². The maximum atomic E-state index is 13.1. The van der Waals surface area contributed by atoms with Gasteiger partial charge in [-0.05, 0) is 30.2 Å². The lowest BCUT2D eigenvalue weighted by molar-refractivity contribution is -0.135. The molecule has 7 nitrogen and oxygen atoms in total. The molecule has 0 aromatic carbocycles. The lowest BCUT2D eigenvalue weighted by atomic mass is 9.73. The summed E-state index contributed by atoms with van der Waals surface area (Å²) in [5, 5.41) is 4.91. The van der Waals surface area contributed by atoms with Crippen LogP contribution in [0.5, 0.6) is 0 Å². The minimum Gasteiger partial charge on any atom is -0.335 e. The Kier molecular flexibility index (Phi) is 4.94. The Morgan fingerprint density at radius 3 is 2.70 bits per heavy atom. The summed E-state index contributed by atoms with van der Waals surface area (Å²) in [6.45, 7) is 4.92. The molecule has 3 fully saturated rings. The number of urea groups is 1. The van der Waals surface area contributed by atoms with Crippen LogP contribution in [0, 0.1) is 5.92 Å². The molecule has 0 unspecified atom stereocenters. The summed E-state index contributed by atoms with van der Waals surface area (Å²) in [5.74, 6) is 0.166. The van der Waals surface area contributed by atoms with Crippen LogP contribution in [0.3, 0.4) is 0 Å². The van der Waals surface area contributed by atoms with E-state index in [1.165, 1.54) is 16.2 Å². The Balaban J connectivity index is 1.36. The van der Waals surface area contributed by atoms with Gasteiger partial charge in [0.15, 0.2) is 0 Å². The van der Waals surface area contributed by atoms with Gasteiger partial charge in [0.1, 0.15) is 5.54 Å². The van der Waals surface area contributed by atoms with Crippen LogP contribution < -0.4 is 5.32 Å². The highest BCUT2D eigenvalue weighted by Crippen LogP contribution is 2.38. The maximum absolute atomic E-state index is 13.1. The molecule has 1 spiro atoms. The first kappa shape index (κ1) is 18.4. The fourth-order valence-corrected chi connectivity index (χ4v) is 5.16. The van der Waals surface area contributed by atoms with Gasteiger partial charge >= 0.3 is 6.03 Å². The molecule has 0 bridgehead atoms. The van der Waals surface area contributed by atoms with Crippen molar-refractivity contribution < 1.29 is 14.4 Å². The summed E-state index contributed by atoms with van der Waals surface area (Å²) >= 11 is 1.45. The van der Waals surface area contributed by atoms with E-state index in [0.717, 1.165) is 30.6 Å². The molecule has 1 aromatic rings. The highest BCUT2D eigenvalue weighted by Gasteiger charge is 2.55. The van der Waals surface area contributed by atoms with E-state index in [0.29, 0.717) is 32.8 Å². The molecular formula is C19H26N4O3S. The van der Waals surface area contributed by atoms with E-state index in [9.17, 15) is 14.4 Å².